The minimum atomic E-state index is -0.258. The third kappa shape index (κ3) is 3.94. The summed E-state index contributed by atoms with van der Waals surface area (Å²) in [5, 5.41) is 10.1. The topological polar surface area (TPSA) is 38.2 Å². The third-order valence-corrected chi connectivity index (χ3v) is 18.6. The molecule has 0 saturated heterocycles. The number of para-hydroxylation sites is 6. The second-order valence-corrected chi connectivity index (χ2v) is 21.7. The van der Waals surface area contributed by atoms with Crippen molar-refractivity contribution in [3.63, 3.8) is 0 Å². The molecule has 0 N–H and O–H groups in total. The van der Waals surface area contributed by atoms with Crippen LogP contribution in [0.4, 0.5) is 0 Å². The number of fused-ring (bicyclic) bond motifs is 28. The van der Waals surface area contributed by atoms with Gasteiger partial charge in [-0.3, -0.25) is 0 Å². The van der Waals surface area contributed by atoms with Gasteiger partial charge in [0.2, 0.25) is 0 Å². The molecule has 0 saturated carbocycles. The van der Waals surface area contributed by atoms with Crippen molar-refractivity contribution in [2.45, 2.75) is 0 Å². The number of ether oxygens (including phenoxy) is 2. The Morgan fingerprint density at radius 2 is 0.627 bits per heavy atom. The molecule has 15 aromatic rings. The van der Waals surface area contributed by atoms with Crippen LogP contribution in [-0.2, 0) is 0 Å². The molecule has 0 radical (unpaired) electrons. The first kappa shape index (κ1) is 37.2. The maximum absolute atomic E-state index is 7.76. The monoisotopic (exact) mass is 946 g/mol. The molecule has 0 unspecified atom stereocenters. The van der Waals surface area contributed by atoms with E-state index in [2.05, 4.69) is 218 Å². The molecule has 9 heteroatoms. The van der Waals surface area contributed by atoms with Crippen LogP contribution in [-0.4, -0.2) is 38.4 Å². The summed E-state index contributed by atoms with van der Waals surface area (Å²) in [4.78, 5) is 0. The first-order valence-corrected chi connectivity index (χ1v) is 26.3. The molecule has 0 spiro atoms. The van der Waals surface area contributed by atoms with Crippen molar-refractivity contribution in [2.24, 2.45) is 0 Å². The van der Waals surface area contributed by atoms with E-state index in [0.717, 1.165) is 34.4 Å². The Bertz CT molecular complexity index is 5040. The fourth-order valence-corrected chi connectivity index (χ4v) is 16.1. The van der Waals surface area contributed by atoms with Gasteiger partial charge in [0, 0.05) is 76.9 Å². The minimum Gasteiger partial charge on any atom is -0.459 e. The van der Waals surface area contributed by atoms with E-state index >= 15 is 0 Å². The Hall–Kier alpha value is -9.59. The molecule has 0 atom stereocenters. The minimum absolute atomic E-state index is 0.0559. The van der Waals surface area contributed by atoms with Crippen LogP contribution in [0.2, 0.25) is 0 Å². The summed E-state index contributed by atoms with van der Waals surface area (Å²) in [5.41, 5.74) is 25.7. The lowest BCUT2D eigenvalue weighted by atomic mass is 9.29. The van der Waals surface area contributed by atoms with Crippen LogP contribution >= 0.6 is 0 Å². The fourth-order valence-electron chi connectivity index (χ4n) is 16.1. The van der Waals surface area contributed by atoms with Gasteiger partial charge in [0.1, 0.15) is 23.0 Å². The van der Waals surface area contributed by atoms with Crippen molar-refractivity contribution in [1.29, 1.82) is 0 Å². The maximum atomic E-state index is 7.76. The average Bonchev–Trinajstić information content (AvgIpc) is 4.35. The lowest BCUT2D eigenvalue weighted by Gasteiger charge is -2.40. The molecule has 10 heterocycles. The van der Waals surface area contributed by atoms with Gasteiger partial charge in [0.25, 0.3) is 20.1 Å². The van der Waals surface area contributed by atoms with Gasteiger partial charge >= 0.3 is 0 Å². The second-order valence-electron chi connectivity index (χ2n) is 21.7. The largest absolute Gasteiger partial charge is 0.459 e. The third-order valence-electron chi connectivity index (χ3n) is 18.6. The normalized spacial score (nSPS) is 14.3. The molecule has 11 aromatic carbocycles. The summed E-state index contributed by atoms with van der Waals surface area (Å²) >= 11 is 0. The van der Waals surface area contributed by atoms with E-state index in [4.69, 9.17) is 9.47 Å². The number of benzene rings is 11. The zero-order chi connectivity index (χ0) is 47.8. The van der Waals surface area contributed by atoms with Crippen LogP contribution in [0.1, 0.15) is 0 Å². The first-order chi connectivity index (χ1) is 37.3. The molecule has 0 fully saturated rings. The molecule has 75 heavy (non-hydrogen) atoms. The summed E-state index contributed by atoms with van der Waals surface area (Å²) < 4.78 is 25.6. The zero-order valence-corrected chi connectivity index (χ0v) is 39.9. The smallest absolute Gasteiger partial charge is 0.261 e. The van der Waals surface area contributed by atoms with E-state index in [1.807, 2.05) is 0 Å². The molecule has 0 aliphatic carbocycles. The van der Waals surface area contributed by atoms with Gasteiger partial charge in [-0.25, -0.2) is 0 Å². The summed E-state index contributed by atoms with van der Waals surface area (Å²) in [5.74, 6) is 3.71. The van der Waals surface area contributed by atoms with E-state index < -0.39 is 0 Å². The van der Waals surface area contributed by atoms with Gasteiger partial charge in [-0.2, -0.15) is 0 Å². The van der Waals surface area contributed by atoms with Gasteiger partial charge in [0.15, 0.2) is 0 Å². The Labute approximate surface area is 428 Å². The van der Waals surface area contributed by atoms with Crippen molar-refractivity contribution in [1.82, 2.24) is 18.3 Å². The van der Waals surface area contributed by atoms with Gasteiger partial charge in [0.05, 0.1) is 33.1 Å². The van der Waals surface area contributed by atoms with E-state index in [9.17, 15) is 0 Å². The predicted molar refractivity (Wildman–Crippen MR) is 311 cm³/mol. The van der Waals surface area contributed by atoms with Crippen LogP contribution in [0.15, 0.2) is 200 Å². The van der Waals surface area contributed by atoms with Crippen LogP contribution < -0.4 is 58.6 Å². The Morgan fingerprint density at radius 1 is 0.253 bits per heavy atom. The van der Waals surface area contributed by atoms with E-state index in [1.54, 1.807) is 0 Å². The molecule has 21 rings (SSSR count). The number of hydrogen-bond donors (Lipinski definition) is 0. The molecule has 4 aromatic heterocycles. The van der Waals surface area contributed by atoms with Crippen molar-refractivity contribution in [3.8, 4) is 45.7 Å². The SMILES string of the molecule is c1cc2c3c(c1)-n1c4ccccc4c4cccc(c41)B3c1ccc3c(c1O2)B1c2c(ccc4c2Oc2cccc5c2B4c2cccc4c6ccccc6n-5c24)-n2c4ccccc4c4cc5c6ccccc6n-3c5c1c42. The van der Waals surface area contributed by atoms with Crippen molar-refractivity contribution in [2.75, 3.05) is 0 Å². The molecule has 0 bridgehead atoms. The van der Waals surface area contributed by atoms with E-state index in [-0.39, 0.29) is 20.1 Å². The fraction of sp³-hybridized carbons (Fsp3) is 0. The maximum Gasteiger partial charge on any atom is 0.261 e. The predicted octanol–water partition coefficient (Wildman–Crippen LogP) is 9.09. The summed E-state index contributed by atoms with van der Waals surface area (Å²) in [6.07, 6.45) is 0. The Morgan fingerprint density at radius 3 is 1.08 bits per heavy atom. The Kier molecular flexibility index (Phi) is 6.08. The first-order valence-electron chi connectivity index (χ1n) is 26.3. The van der Waals surface area contributed by atoms with Crippen LogP contribution in [0.25, 0.3) is 110 Å². The highest BCUT2D eigenvalue weighted by Gasteiger charge is 2.51. The summed E-state index contributed by atoms with van der Waals surface area (Å²) in [7, 11) is 0. The van der Waals surface area contributed by atoms with Crippen molar-refractivity contribution < 1.29 is 9.47 Å². The van der Waals surface area contributed by atoms with Gasteiger partial charge in [-0.05, 0) is 116 Å². The molecule has 338 valence electrons. The summed E-state index contributed by atoms with van der Waals surface area (Å²) in [6.45, 7) is -0.370. The highest BCUT2D eigenvalue weighted by molar-refractivity contribution is 7.05. The van der Waals surface area contributed by atoms with Crippen LogP contribution in [0.3, 0.4) is 0 Å². The van der Waals surface area contributed by atoms with Gasteiger partial charge < -0.3 is 27.7 Å². The van der Waals surface area contributed by atoms with E-state index in [1.165, 1.54) is 148 Å². The molecular formula is C66H33B3N4O2. The van der Waals surface area contributed by atoms with Crippen LogP contribution in [0.5, 0.6) is 23.0 Å². The van der Waals surface area contributed by atoms with Gasteiger partial charge in [-0.1, -0.05) is 133 Å². The number of nitrogens with zero attached hydrogens (tertiary/aromatic N) is 4. The molecule has 6 nitrogen and oxygen atoms in total. The Balaban J connectivity index is 0.929. The number of rotatable bonds is 0. The molecule has 0 amide bonds. The highest BCUT2D eigenvalue weighted by Crippen LogP contribution is 2.46. The molecule has 6 aliphatic rings. The summed E-state index contributed by atoms with van der Waals surface area (Å²) in [6, 6.07) is 75.2. The van der Waals surface area contributed by atoms with Crippen LogP contribution in [0, 0.1) is 0 Å². The zero-order valence-electron chi connectivity index (χ0n) is 39.9. The lowest BCUT2D eigenvalue weighted by molar-refractivity contribution is 0.489. The van der Waals surface area contributed by atoms with Gasteiger partial charge in [-0.15, -0.1) is 0 Å². The quantitative estimate of drug-likeness (QED) is 0.143. The number of aromatic nitrogens is 4. The highest BCUT2D eigenvalue weighted by atomic mass is 16.5. The standard InChI is InChI=1S/C66H33B3N4O2/c1-5-21-46-34(13-1)38-17-9-19-42-61(38)70(46)50-25-11-27-54-56(50)67(42)44-29-31-52-58(65(44)74-54)69-59-53(73-49-24-8-4-16-37(49)41-33-40-36-15-3-7-23-48(36)72(52)63(40)60(69)64(41)73)32-30-45-66(59)75-55-28-12-26-51-57(55)68(45)43-20-10-18-39-35-14-2-6-22-47(35)71(51)62(39)43/h1-33H. The average molecular weight is 946 g/mol. The lowest BCUT2D eigenvalue weighted by Crippen LogP contribution is -2.65. The van der Waals surface area contributed by atoms with Crippen molar-refractivity contribution >= 4 is 157 Å². The van der Waals surface area contributed by atoms with E-state index in [0.29, 0.717) is 0 Å². The second kappa shape index (κ2) is 12.3. The molecule has 6 aliphatic heterocycles. The van der Waals surface area contributed by atoms with Crippen molar-refractivity contribution in [3.05, 3.63) is 200 Å². The number of hydrogen-bond acceptors (Lipinski definition) is 2. The molecular weight excluding hydrogens is 913 g/mol.